The van der Waals surface area contributed by atoms with Crippen LogP contribution in [-0.2, 0) is 0 Å². The molecule has 0 unspecified atom stereocenters. The number of amides is 1. The van der Waals surface area contributed by atoms with Crippen LogP contribution in [0.5, 0.6) is 0 Å². The van der Waals surface area contributed by atoms with Gasteiger partial charge in [-0.15, -0.1) is 11.3 Å². The summed E-state index contributed by atoms with van der Waals surface area (Å²) in [6.07, 6.45) is 4.24. The third-order valence-electron chi connectivity index (χ3n) is 3.66. The Morgan fingerprint density at radius 2 is 1.84 bits per heavy atom. The Balaban J connectivity index is 1.53. The fraction of sp³-hybridized carbons (Fsp3) is 0. The quantitative estimate of drug-likeness (QED) is 0.457. The van der Waals surface area contributed by atoms with Crippen molar-refractivity contribution in [3.63, 3.8) is 0 Å². The number of nitrogen functional groups attached to an aromatic ring is 1. The molecule has 2 heterocycles. The van der Waals surface area contributed by atoms with Gasteiger partial charge >= 0.3 is 0 Å². The van der Waals surface area contributed by atoms with Gasteiger partial charge in [0.15, 0.2) is 0 Å². The molecule has 1 amide bonds. The van der Waals surface area contributed by atoms with Gasteiger partial charge in [-0.25, -0.2) is 4.98 Å². The van der Waals surface area contributed by atoms with Gasteiger partial charge in [-0.05, 0) is 58.7 Å². The lowest BCUT2D eigenvalue weighted by atomic mass is 10.1. The number of nitrogens with zero attached hydrogens (tertiary/aromatic N) is 1. The van der Waals surface area contributed by atoms with Gasteiger partial charge in [-0.3, -0.25) is 4.79 Å². The maximum Gasteiger partial charge on any atom is 0.255 e. The Bertz CT molecular complexity index is 1050. The van der Waals surface area contributed by atoms with E-state index in [1.54, 1.807) is 35.6 Å². The van der Waals surface area contributed by atoms with Crippen molar-refractivity contribution in [2.45, 2.75) is 0 Å². The zero-order chi connectivity index (χ0) is 17.2. The van der Waals surface area contributed by atoms with Crippen LogP contribution in [0.3, 0.4) is 0 Å². The molecule has 3 N–H and O–H groups in total. The number of aromatic nitrogens is 1. The summed E-state index contributed by atoms with van der Waals surface area (Å²) >= 11 is 1.62. The summed E-state index contributed by atoms with van der Waals surface area (Å²) in [5.41, 5.74) is 8.70. The first-order valence-electron chi connectivity index (χ1n) is 7.60. The van der Waals surface area contributed by atoms with Crippen LogP contribution in [-0.4, -0.2) is 10.9 Å². The summed E-state index contributed by atoms with van der Waals surface area (Å²) in [4.78, 5) is 17.0. The molecule has 4 rings (SSSR count). The van der Waals surface area contributed by atoms with Crippen LogP contribution in [0.2, 0.25) is 0 Å². The zero-order valence-corrected chi connectivity index (χ0v) is 16.0. The second-order valence-electron chi connectivity index (χ2n) is 5.42. The van der Waals surface area contributed by atoms with Crippen LogP contribution < -0.4 is 15.6 Å². The van der Waals surface area contributed by atoms with Gasteiger partial charge in [0.05, 0.1) is 4.53 Å². The molecule has 124 valence electrons. The summed E-state index contributed by atoms with van der Waals surface area (Å²) in [6.45, 7) is 0. The monoisotopic (exact) mass is 459 g/mol. The summed E-state index contributed by atoms with van der Waals surface area (Å²) in [6, 6.07) is 14.7. The highest BCUT2D eigenvalue weighted by Gasteiger charge is 2.08. The van der Waals surface area contributed by atoms with E-state index in [2.05, 4.69) is 21.6 Å². The van der Waals surface area contributed by atoms with Gasteiger partial charge in [-0.2, -0.15) is 0 Å². The van der Waals surface area contributed by atoms with Gasteiger partial charge in [0.2, 0.25) is 0 Å². The lowest BCUT2D eigenvalue weighted by Gasteiger charge is -2.06. The molecule has 0 bridgehead atoms. The first-order valence-corrected chi connectivity index (χ1v) is 10.7. The minimum atomic E-state index is -0.150. The second-order valence-corrected chi connectivity index (χ2v) is 8.82. The average molecular weight is 459 g/mol. The van der Waals surface area contributed by atoms with Crippen molar-refractivity contribution in [1.29, 1.82) is 0 Å². The molecule has 1 aromatic heterocycles. The van der Waals surface area contributed by atoms with E-state index in [4.69, 9.17) is 10.7 Å². The van der Waals surface area contributed by atoms with Crippen molar-refractivity contribution < 1.29 is 4.79 Å². The van der Waals surface area contributed by atoms with Gasteiger partial charge in [0.1, 0.15) is 8.29 Å². The molecule has 0 aliphatic carbocycles. The predicted molar refractivity (Wildman–Crippen MR) is 112 cm³/mol. The van der Waals surface area contributed by atoms with Crippen molar-refractivity contribution in [2.24, 2.45) is 0 Å². The Kier molecular flexibility index (Phi) is 4.46. The number of benzene rings is 2. The Morgan fingerprint density at radius 1 is 1.08 bits per heavy atom. The number of halogens is 1. The molecule has 25 heavy (non-hydrogen) atoms. The first-order chi connectivity index (χ1) is 12.2. The maximum atomic E-state index is 12.2. The average Bonchev–Trinajstić information content (AvgIpc) is 3.07. The number of carbonyl (C=O) groups is 1. The number of nitrogens with two attached hydrogens (primary N) is 1. The number of thiazole rings is 1. The molecular weight excluding hydrogens is 445 g/mol. The molecule has 2 aromatic carbocycles. The number of allylic oxidation sites excluding steroid dienone is 1. The number of anilines is 2. The van der Waals surface area contributed by atoms with Crippen LogP contribution in [0.1, 0.15) is 10.4 Å². The molecule has 0 spiro atoms. The zero-order valence-electron chi connectivity index (χ0n) is 13.1. The molecule has 4 nitrogen and oxygen atoms in total. The molecular formula is C19H14IN3OS. The highest BCUT2D eigenvalue weighted by Crippen LogP contribution is 2.24. The SMILES string of the molecule is Nc1ccc(C(=O)Nc2ccc(-c3nc4c(s3)=CC=CI=4)cc2)cc1. The molecule has 3 aromatic rings. The maximum absolute atomic E-state index is 12.2. The summed E-state index contributed by atoms with van der Waals surface area (Å²) in [7, 11) is 0. The third kappa shape index (κ3) is 3.54. The van der Waals surface area contributed by atoms with E-state index in [0.29, 0.717) is 11.3 Å². The normalized spacial score (nSPS) is 12.3. The molecule has 0 atom stereocenters. The van der Waals surface area contributed by atoms with E-state index >= 15 is 0 Å². The van der Waals surface area contributed by atoms with Crippen LogP contribution in [0, 0.1) is 3.28 Å². The van der Waals surface area contributed by atoms with Crippen LogP contribution in [0.25, 0.3) is 16.6 Å². The van der Waals surface area contributed by atoms with E-state index in [0.717, 1.165) is 16.3 Å². The highest BCUT2D eigenvalue weighted by molar-refractivity contribution is 14.2. The van der Waals surface area contributed by atoms with Crippen molar-refractivity contribution >= 4 is 55.4 Å². The highest BCUT2D eigenvalue weighted by atomic mass is 127. The second kappa shape index (κ2) is 6.89. The van der Waals surface area contributed by atoms with Crippen molar-refractivity contribution in [1.82, 2.24) is 4.98 Å². The van der Waals surface area contributed by atoms with Gasteiger partial charge in [0.25, 0.3) is 5.91 Å². The first kappa shape index (κ1) is 16.2. The molecule has 1 aliphatic heterocycles. The van der Waals surface area contributed by atoms with E-state index in [9.17, 15) is 4.79 Å². The minimum absolute atomic E-state index is 0.102. The predicted octanol–water partition coefficient (Wildman–Crippen LogP) is 4.17. The standard InChI is InChI=1S/C19H14IN3OS/c21-14-7-3-12(4-8-14)18(24)22-15-9-5-13(6-10-15)19-23-17-16(25-19)2-1-11-20-17/h1-11H,21H2,(H,22,24). The molecule has 0 radical (unpaired) electrons. The summed E-state index contributed by atoms with van der Waals surface area (Å²) < 4.78 is 4.73. The van der Waals surface area contributed by atoms with Crippen molar-refractivity contribution in [3.8, 4) is 10.6 Å². The molecule has 0 saturated heterocycles. The Labute approximate surface area is 158 Å². The molecule has 1 aliphatic rings. The van der Waals surface area contributed by atoms with E-state index in [1.165, 1.54) is 7.82 Å². The molecule has 0 fully saturated rings. The summed E-state index contributed by atoms with van der Waals surface area (Å²) in [5.74, 6) is -0.150. The lowest BCUT2D eigenvalue weighted by Crippen LogP contribution is -2.11. The van der Waals surface area contributed by atoms with Crippen LogP contribution >= 0.6 is 32.1 Å². The van der Waals surface area contributed by atoms with E-state index in [-0.39, 0.29) is 26.6 Å². The number of fused-ring (bicyclic) bond motifs is 1. The molecule has 0 saturated carbocycles. The van der Waals surface area contributed by atoms with E-state index in [1.807, 2.05) is 24.3 Å². The van der Waals surface area contributed by atoms with Gasteiger partial charge < -0.3 is 11.1 Å². The Morgan fingerprint density at radius 3 is 2.56 bits per heavy atom. The largest absolute Gasteiger partial charge is 0.399 e. The smallest absolute Gasteiger partial charge is 0.255 e. The van der Waals surface area contributed by atoms with E-state index < -0.39 is 0 Å². The number of carbonyl (C=O) groups excluding carboxylic acids is 1. The number of nitrogens with one attached hydrogen (secondary N) is 1. The fourth-order valence-corrected chi connectivity index (χ4v) is 5.66. The van der Waals surface area contributed by atoms with Crippen molar-refractivity contribution in [3.05, 3.63) is 72.1 Å². The topological polar surface area (TPSA) is 68.0 Å². The van der Waals surface area contributed by atoms with Crippen LogP contribution in [0.4, 0.5) is 11.4 Å². The number of hydrogen-bond acceptors (Lipinski definition) is 4. The Hall–Kier alpha value is -2.32. The fourth-order valence-electron chi connectivity index (χ4n) is 2.37. The van der Waals surface area contributed by atoms with Crippen molar-refractivity contribution in [2.75, 3.05) is 11.1 Å². The van der Waals surface area contributed by atoms with Crippen LogP contribution in [0.15, 0.2) is 58.7 Å². The number of rotatable bonds is 3. The third-order valence-corrected chi connectivity index (χ3v) is 7.28. The number of hydrogen-bond donors (Lipinski definition) is 2. The minimum Gasteiger partial charge on any atom is -0.399 e. The van der Waals surface area contributed by atoms with Gasteiger partial charge in [-0.1, -0.05) is 26.8 Å². The van der Waals surface area contributed by atoms with Gasteiger partial charge in [0, 0.05) is 22.5 Å². The lowest BCUT2D eigenvalue weighted by molar-refractivity contribution is 0.102. The summed E-state index contributed by atoms with van der Waals surface area (Å²) in [5, 5.41) is 3.93. The molecule has 6 heteroatoms.